The third-order valence-corrected chi connectivity index (χ3v) is 14.5. The van der Waals surface area contributed by atoms with E-state index >= 15 is 0 Å². The second kappa shape index (κ2) is 6.68. The van der Waals surface area contributed by atoms with E-state index in [0.717, 1.165) is 0 Å². The van der Waals surface area contributed by atoms with Crippen LogP contribution in [0.15, 0.2) is 91.0 Å². The first-order valence-corrected chi connectivity index (χ1v) is 12.9. The Morgan fingerprint density at radius 2 is 0.960 bits per heavy atom. The third-order valence-electron chi connectivity index (χ3n) is 4.57. The van der Waals surface area contributed by atoms with Crippen molar-refractivity contribution in [3.8, 4) is 0 Å². The van der Waals surface area contributed by atoms with Crippen molar-refractivity contribution in [3.05, 3.63) is 91.0 Å². The molecule has 0 atom stereocenters. The predicted molar refractivity (Wildman–Crippen MR) is 115 cm³/mol. The fraction of sp³-hybridized carbons (Fsp3) is 0.182. The Morgan fingerprint density at radius 3 is 1.20 bits per heavy atom. The Morgan fingerprint density at radius 1 is 0.680 bits per heavy atom. The van der Waals surface area contributed by atoms with Gasteiger partial charge in [0.2, 0.25) is 0 Å². The van der Waals surface area contributed by atoms with Crippen LogP contribution in [0.4, 0.5) is 0 Å². The van der Waals surface area contributed by atoms with Crippen molar-refractivity contribution >= 4 is 36.7 Å². The molecular formula is C22H24BrOP. The molecule has 0 heterocycles. The summed E-state index contributed by atoms with van der Waals surface area (Å²) in [5, 5.41) is 11.6. The van der Waals surface area contributed by atoms with E-state index in [4.69, 9.17) is 0 Å². The van der Waals surface area contributed by atoms with Crippen LogP contribution in [-0.4, -0.2) is 16.9 Å². The Hall–Kier alpha value is -1.47. The fourth-order valence-electron chi connectivity index (χ4n) is 3.66. The van der Waals surface area contributed by atoms with Gasteiger partial charge >= 0.3 is 158 Å². The van der Waals surface area contributed by atoms with Gasteiger partial charge in [-0.3, -0.25) is 0 Å². The van der Waals surface area contributed by atoms with Crippen LogP contribution in [0.3, 0.4) is 0 Å². The second-order valence-electron chi connectivity index (χ2n) is 7.16. The van der Waals surface area contributed by atoms with Crippen LogP contribution in [0.25, 0.3) is 0 Å². The monoisotopic (exact) mass is 414 g/mol. The van der Waals surface area contributed by atoms with Gasteiger partial charge in [-0.05, 0) is 0 Å². The molecule has 0 saturated carbocycles. The Labute approximate surface area is 158 Å². The predicted octanol–water partition coefficient (Wildman–Crippen LogP) is 4.60. The molecular weight excluding hydrogens is 391 g/mol. The summed E-state index contributed by atoms with van der Waals surface area (Å²) in [6, 6.07) is 31.7. The quantitative estimate of drug-likeness (QED) is 0.605. The van der Waals surface area contributed by atoms with Crippen LogP contribution in [0.1, 0.15) is 13.8 Å². The molecule has 0 unspecified atom stereocenters. The van der Waals surface area contributed by atoms with Gasteiger partial charge < -0.3 is 0 Å². The second-order valence-corrected chi connectivity index (χ2v) is 16.1. The molecule has 0 aromatic heterocycles. The van der Waals surface area contributed by atoms with E-state index in [1.807, 2.05) is 32.0 Å². The molecule has 0 amide bonds. The van der Waals surface area contributed by atoms with Crippen molar-refractivity contribution in [2.45, 2.75) is 19.4 Å². The van der Waals surface area contributed by atoms with Crippen LogP contribution in [-0.2, 0) is 0 Å². The van der Waals surface area contributed by atoms with Crippen molar-refractivity contribution in [1.82, 2.24) is 0 Å². The summed E-state index contributed by atoms with van der Waals surface area (Å²) in [6.45, 7) is 3.79. The van der Waals surface area contributed by atoms with E-state index in [1.54, 1.807) is 0 Å². The molecule has 3 rings (SSSR count). The first-order valence-electron chi connectivity index (χ1n) is 8.47. The molecule has 0 aliphatic rings. The zero-order valence-corrected chi connectivity index (χ0v) is 17.1. The maximum absolute atomic E-state index is 10.9. The summed E-state index contributed by atoms with van der Waals surface area (Å²) in [7, 11) is 0. The van der Waals surface area contributed by atoms with Gasteiger partial charge in [-0.15, -0.1) is 0 Å². The number of hydrogen-bond acceptors (Lipinski definition) is 1. The molecule has 0 radical (unpaired) electrons. The third kappa shape index (κ3) is 3.31. The average molecular weight is 415 g/mol. The topological polar surface area (TPSA) is 20.2 Å². The molecule has 25 heavy (non-hydrogen) atoms. The van der Waals surface area contributed by atoms with Gasteiger partial charge in [0.1, 0.15) is 0 Å². The molecule has 3 aromatic carbocycles. The fourth-order valence-corrected chi connectivity index (χ4v) is 12.9. The van der Waals surface area contributed by atoms with Gasteiger partial charge in [0, 0.05) is 0 Å². The average Bonchev–Trinajstić information content (AvgIpc) is 2.63. The molecule has 130 valence electrons. The van der Waals surface area contributed by atoms with E-state index in [-0.39, 0.29) is 0 Å². The SMILES string of the molecule is CC(C)(O)CP(Br)(c1ccccc1)(c1ccccc1)c1ccccc1. The summed E-state index contributed by atoms with van der Waals surface area (Å²) in [4.78, 5) is 0. The van der Waals surface area contributed by atoms with Crippen molar-refractivity contribution in [2.75, 3.05) is 6.16 Å². The van der Waals surface area contributed by atoms with Crippen LogP contribution in [0, 0.1) is 0 Å². The van der Waals surface area contributed by atoms with E-state index < -0.39 is 10.9 Å². The van der Waals surface area contributed by atoms with Gasteiger partial charge in [0.25, 0.3) is 0 Å². The standard InChI is InChI=1S/C22H24BrOP/c1-22(2,24)18-25(23,19-12-6-3-7-13-19,20-14-8-4-9-15-20)21-16-10-5-11-17-21/h3-17,24H,18H2,1-2H3. The van der Waals surface area contributed by atoms with Crippen molar-refractivity contribution in [1.29, 1.82) is 0 Å². The van der Waals surface area contributed by atoms with E-state index in [1.165, 1.54) is 15.9 Å². The van der Waals surface area contributed by atoms with Crippen LogP contribution >= 0.6 is 20.8 Å². The number of rotatable bonds is 5. The molecule has 0 bridgehead atoms. The molecule has 1 nitrogen and oxygen atoms in total. The summed E-state index contributed by atoms with van der Waals surface area (Å²) in [5.41, 5.74) is -0.831. The van der Waals surface area contributed by atoms with Crippen molar-refractivity contribution in [3.63, 3.8) is 0 Å². The molecule has 3 aromatic rings. The summed E-state index contributed by atoms with van der Waals surface area (Å²) in [5.74, 6) is 0. The van der Waals surface area contributed by atoms with E-state index in [9.17, 15) is 5.11 Å². The van der Waals surface area contributed by atoms with Gasteiger partial charge in [-0.2, -0.15) is 0 Å². The number of aliphatic hydroxyl groups is 1. The molecule has 3 heteroatoms. The summed E-state index contributed by atoms with van der Waals surface area (Å²) < 4.78 is 0. The van der Waals surface area contributed by atoms with Gasteiger partial charge in [0.15, 0.2) is 0 Å². The molecule has 0 aliphatic heterocycles. The van der Waals surface area contributed by atoms with Gasteiger partial charge in [0.05, 0.1) is 0 Å². The number of hydrogen-bond donors (Lipinski definition) is 1. The zero-order chi connectivity index (χ0) is 18.0. The molecule has 0 fully saturated rings. The first kappa shape index (κ1) is 18.3. The van der Waals surface area contributed by atoms with Gasteiger partial charge in [-0.1, -0.05) is 0 Å². The summed E-state index contributed by atoms with van der Waals surface area (Å²) in [6.07, 6.45) is 0.622. The molecule has 1 N–H and O–H groups in total. The molecule has 0 saturated heterocycles. The van der Waals surface area contributed by atoms with Crippen molar-refractivity contribution < 1.29 is 5.11 Å². The van der Waals surface area contributed by atoms with Gasteiger partial charge in [-0.25, -0.2) is 0 Å². The van der Waals surface area contributed by atoms with Crippen LogP contribution < -0.4 is 15.9 Å². The summed E-state index contributed by atoms with van der Waals surface area (Å²) >= 11 is 4.32. The van der Waals surface area contributed by atoms with Crippen LogP contribution in [0.2, 0.25) is 0 Å². The zero-order valence-electron chi connectivity index (χ0n) is 14.6. The number of halogens is 1. The Kier molecular flexibility index (Phi) is 4.90. The van der Waals surface area contributed by atoms with E-state index in [2.05, 4.69) is 88.3 Å². The van der Waals surface area contributed by atoms with Crippen molar-refractivity contribution in [2.24, 2.45) is 0 Å². The normalized spacial score (nSPS) is 13.8. The Bertz CT molecular complexity index is 727. The maximum atomic E-state index is 10.9. The van der Waals surface area contributed by atoms with Crippen LogP contribution in [0.5, 0.6) is 0 Å². The minimum atomic E-state index is -3.01. The molecule has 0 aliphatic carbocycles. The van der Waals surface area contributed by atoms with E-state index in [0.29, 0.717) is 6.16 Å². The Balaban J connectivity index is 2.45. The minimum absolute atomic E-state index is 0.622. The molecule has 0 spiro atoms. The first-order chi connectivity index (χ1) is 11.8. The number of benzene rings is 3.